The minimum atomic E-state index is -0.411. The third-order valence-electron chi connectivity index (χ3n) is 4.61. The van der Waals surface area contributed by atoms with Crippen LogP contribution in [0.15, 0.2) is 48.8 Å². The highest BCUT2D eigenvalue weighted by atomic mass is 19.1. The van der Waals surface area contributed by atoms with Crippen molar-refractivity contribution in [1.82, 2.24) is 9.55 Å². The zero-order valence-electron chi connectivity index (χ0n) is 16.3. The van der Waals surface area contributed by atoms with Gasteiger partial charge in [0.1, 0.15) is 5.82 Å². The summed E-state index contributed by atoms with van der Waals surface area (Å²) in [5, 5.41) is 0.952. The van der Waals surface area contributed by atoms with Gasteiger partial charge in [-0.3, -0.25) is 0 Å². The Balaban J connectivity index is 2.00. The maximum absolute atomic E-state index is 13.2. The first-order chi connectivity index (χ1) is 13.6. The van der Waals surface area contributed by atoms with E-state index in [4.69, 9.17) is 4.74 Å². The minimum Gasteiger partial charge on any atom is -0.461 e. The highest BCUT2D eigenvalue weighted by Gasteiger charge is 2.17. The summed E-state index contributed by atoms with van der Waals surface area (Å²) >= 11 is 0. The highest BCUT2D eigenvalue weighted by Crippen LogP contribution is 2.25. The van der Waals surface area contributed by atoms with E-state index in [0.717, 1.165) is 41.3 Å². The van der Waals surface area contributed by atoms with Crippen molar-refractivity contribution in [3.63, 3.8) is 0 Å². The van der Waals surface area contributed by atoms with Crippen molar-refractivity contribution in [3.8, 4) is 0 Å². The zero-order chi connectivity index (χ0) is 19.9. The van der Waals surface area contributed by atoms with Crippen LogP contribution in [0.1, 0.15) is 54.7 Å². The summed E-state index contributed by atoms with van der Waals surface area (Å²) in [7, 11) is 0. The van der Waals surface area contributed by atoms with Gasteiger partial charge in [0.25, 0.3) is 0 Å². The van der Waals surface area contributed by atoms with Gasteiger partial charge in [0, 0.05) is 23.7 Å². The third kappa shape index (κ3) is 4.47. The monoisotopic (exact) mass is 380 g/mol. The summed E-state index contributed by atoms with van der Waals surface area (Å²) in [4.78, 5) is 16.8. The molecule has 0 atom stereocenters. The molecule has 0 amide bonds. The van der Waals surface area contributed by atoms with Crippen molar-refractivity contribution in [2.24, 2.45) is 0 Å². The summed E-state index contributed by atoms with van der Waals surface area (Å²) < 4.78 is 20.4. The molecule has 0 fully saturated rings. The predicted molar refractivity (Wildman–Crippen MR) is 110 cm³/mol. The van der Waals surface area contributed by atoms with E-state index >= 15 is 0 Å². The standard InChI is InChI=1S/C23H25FN2O2/c1-3-5-6-7-8-20-19-13-14-26(16-17-9-11-18(24)12-10-17)21(19)15-25-22(20)23(27)28-4-2/h7-15H,3-6,16H2,1-2H3. The average molecular weight is 380 g/mol. The predicted octanol–water partition coefficient (Wildman–Crippen LogP) is 5.60. The SMILES string of the molecule is CCCCC=Cc1c(C(=O)OCC)ncc2c1ccn2Cc1ccc(F)cc1. The summed E-state index contributed by atoms with van der Waals surface area (Å²) in [6.45, 7) is 4.84. The quantitative estimate of drug-likeness (QED) is 0.377. The van der Waals surface area contributed by atoms with Gasteiger partial charge in [-0.05, 0) is 37.1 Å². The number of rotatable bonds is 8. The molecule has 0 N–H and O–H groups in total. The molecule has 0 aliphatic rings. The summed E-state index contributed by atoms with van der Waals surface area (Å²) in [6, 6.07) is 8.45. The number of unbranched alkanes of at least 4 members (excludes halogenated alkanes) is 2. The molecule has 5 heteroatoms. The molecule has 2 heterocycles. The number of hydrogen-bond donors (Lipinski definition) is 0. The fourth-order valence-corrected chi connectivity index (χ4v) is 3.16. The van der Waals surface area contributed by atoms with E-state index in [9.17, 15) is 9.18 Å². The van der Waals surface area contributed by atoms with Crippen LogP contribution in [0.4, 0.5) is 4.39 Å². The van der Waals surface area contributed by atoms with Gasteiger partial charge in [-0.15, -0.1) is 0 Å². The lowest BCUT2D eigenvalue weighted by Gasteiger charge is -2.09. The number of carbonyl (C=O) groups is 1. The fraction of sp³-hybridized carbons (Fsp3) is 0.304. The Kier molecular flexibility index (Phi) is 6.58. The largest absolute Gasteiger partial charge is 0.461 e. The molecule has 28 heavy (non-hydrogen) atoms. The number of halogens is 1. The van der Waals surface area contributed by atoms with Gasteiger partial charge in [0.2, 0.25) is 0 Å². The summed E-state index contributed by atoms with van der Waals surface area (Å²) in [5.74, 6) is -0.660. The number of aromatic nitrogens is 2. The maximum atomic E-state index is 13.2. The van der Waals surface area contributed by atoms with Crippen molar-refractivity contribution in [2.75, 3.05) is 6.61 Å². The van der Waals surface area contributed by atoms with Crippen molar-refractivity contribution >= 4 is 22.9 Å². The Morgan fingerprint density at radius 3 is 2.71 bits per heavy atom. The second kappa shape index (κ2) is 9.31. The minimum absolute atomic E-state index is 0.249. The number of fused-ring (bicyclic) bond motifs is 1. The first-order valence-electron chi connectivity index (χ1n) is 9.70. The number of hydrogen-bond acceptors (Lipinski definition) is 3. The number of nitrogens with zero attached hydrogens (tertiary/aromatic N) is 2. The number of allylic oxidation sites excluding steroid dienone is 1. The van der Waals surface area contributed by atoms with Gasteiger partial charge >= 0.3 is 5.97 Å². The van der Waals surface area contributed by atoms with Gasteiger partial charge in [0.15, 0.2) is 5.69 Å². The van der Waals surface area contributed by atoms with Crippen LogP contribution in [-0.2, 0) is 11.3 Å². The molecule has 2 aromatic heterocycles. The molecular formula is C23H25FN2O2. The van der Waals surface area contributed by atoms with Gasteiger partial charge in [-0.25, -0.2) is 14.2 Å². The fourth-order valence-electron chi connectivity index (χ4n) is 3.16. The molecule has 146 valence electrons. The van der Waals surface area contributed by atoms with Crippen molar-refractivity contribution in [2.45, 2.75) is 39.7 Å². The highest BCUT2D eigenvalue weighted by molar-refractivity contribution is 6.00. The second-order valence-electron chi connectivity index (χ2n) is 6.65. The molecule has 3 aromatic rings. The molecule has 0 aliphatic carbocycles. The molecule has 1 aromatic carbocycles. The Labute approximate surface area is 164 Å². The molecule has 3 rings (SSSR count). The first kappa shape index (κ1) is 19.8. The molecule has 0 spiro atoms. The Hall–Kier alpha value is -2.95. The lowest BCUT2D eigenvalue weighted by Crippen LogP contribution is -2.10. The maximum Gasteiger partial charge on any atom is 0.357 e. The van der Waals surface area contributed by atoms with E-state index < -0.39 is 5.97 Å². The number of benzene rings is 1. The van der Waals surface area contributed by atoms with Crippen LogP contribution in [0.5, 0.6) is 0 Å². The van der Waals surface area contributed by atoms with E-state index in [0.29, 0.717) is 18.8 Å². The third-order valence-corrected chi connectivity index (χ3v) is 4.61. The van der Waals surface area contributed by atoms with Gasteiger partial charge in [-0.2, -0.15) is 0 Å². The molecule has 0 saturated heterocycles. The Bertz CT molecular complexity index is 974. The molecule has 4 nitrogen and oxygen atoms in total. The van der Waals surface area contributed by atoms with E-state index in [1.165, 1.54) is 12.1 Å². The van der Waals surface area contributed by atoms with Crippen molar-refractivity contribution < 1.29 is 13.9 Å². The van der Waals surface area contributed by atoms with Crippen molar-refractivity contribution in [1.29, 1.82) is 0 Å². The van der Waals surface area contributed by atoms with Crippen LogP contribution in [-0.4, -0.2) is 22.1 Å². The molecule has 0 aliphatic heterocycles. The molecule has 0 unspecified atom stereocenters. The van der Waals surface area contributed by atoms with Crippen LogP contribution >= 0.6 is 0 Å². The van der Waals surface area contributed by atoms with Crippen LogP contribution in [0.25, 0.3) is 17.0 Å². The number of ether oxygens (including phenoxy) is 1. The van der Waals surface area contributed by atoms with E-state index in [1.54, 1.807) is 25.3 Å². The van der Waals surface area contributed by atoms with Crippen LogP contribution in [0, 0.1) is 5.82 Å². The average Bonchev–Trinajstić information content (AvgIpc) is 3.10. The Morgan fingerprint density at radius 1 is 1.21 bits per heavy atom. The lowest BCUT2D eigenvalue weighted by molar-refractivity contribution is 0.0519. The second-order valence-corrected chi connectivity index (χ2v) is 6.65. The molecule has 0 saturated carbocycles. The van der Waals surface area contributed by atoms with Crippen LogP contribution in [0.2, 0.25) is 0 Å². The normalized spacial score (nSPS) is 11.4. The van der Waals surface area contributed by atoms with Gasteiger partial charge in [0.05, 0.1) is 18.3 Å². The molecule has 0 bridgehead atoms. The van der Waals surface area contributed by atoms with E-state index in [2.05, 4.69) is 18.0 Å². The topological polar surface area (TPSA) is 44.1 Å². The smallest absolute Gasteiger partial charge is 0.357 e. The van der Waals surface area contributed by atoms with Crippen molar-refractivity contribution in [3.05, 3.63) is 71.4 Å². The lowest BCUT2D eigenvalue weighted by atomic mass is 10.1. The summed E-state index contributed by atoms with van der Waals surface area (Å²) in [6.07, 6.45) is 10.9. The Morgan fingerprint density at radius 2 is 2.00 bits per heavy atom. The summed E-state index contributed by atoms with van der Waals surface area (Å²) in [5.41, 5.74) is 3.03. The van der Waals surface area contributed by atoms with Gasteiger partial charge < -0.3 is 9.30 Å². The van der Waals surface area contributed by atoms with Crippen LogP contribution < -0.4 is 0 Å². The van der Waals surface area contributed by atoms with E-state index in [-0.39, 0.29) is 5.82 Å². The number of carbonyl (C=O) groups excluding carboxylic acids is 1. The molecular weight excluding hydrogens is 355 g/mol. The van der Waals surface area contributed by atoms with Crippen LogP contribution in [0.3, 0.4) is 0 Å². The number of esters is 1. The first-order valence-corrected chi connectivity index (χ1v) is 9.70. The number of pyridine rings is 1. The molecule has 0 radical (unpaired) electrons. The van der Waals surface area contributed by atoms with Gasteiger partial charge in [-0.1, -0.05) is 44.1 Å². The van der Waals surface area contributed by atoms with E-state index in [1.807, 2.05) is 22.9 Å². The zero-order valence-corrected chi connectivity index (χ0v) is 16.3.